The lowest BCUT2D eigenvalue weighted by molar-refractivity contribution is -0.137. The maximum Gasteiger partial charge on any atom is 0.417 e. The van der Waals surface area contributed by atoms with Gasteiger partial charge >= 0.3 is 6.18 Å². The minimum atomic E-state index is -4.45. The van der Waals surface area contributed by atoms with Crippen molar-refractivity contribution in [1.82, 2.24) is 19.9 Å². The SMILES string of the molecule is O=C(c1ccc(F)cc1-c1ncccn1)N1C[C@@H]2CC[C@H]1[C@H](Nc1ccc(C(F)(F)F)cn1)C2. The summed E-state index contributed by atoms with van der Waals surface area (Å²) < 4.78 is 52.6. The van der Waals surface area contributed by atoms with Crippen LogP contribution in [0.4, 0.5) is 23.4 Å². The molecule has 4 heterocycles. The number of alkyl halides is 3. The van der Waals surface area contributed by atoms with Crippen LogP contribution in [0, 0.1) is 11.7 Å². The Bertz CT molecular complexity index is 1190. The van der Waals surface area contributed by atoms with E-state index in [9.17, 15) is 22.4 Å². The van der Waals surface area contributed by atoms with E-state index in [-0.39, 0.29) is 29.7 Å². The number of fused-ring (bicyclic) bond motifs is 3. The van der Waals surface area contributed by atoms with Gasteiger partial charge in [-0.25, -0.2) is 19.3 Å². The zero-order valence-electron chi connectivity index (χ0n) is 18.0. The number of carbonyl (C=O) groups excluding carboxylic acids is 1. The maximum atomic E-state index is 14.0. The molecule has 1 N–H and O–H groups in total. The molecule has 0 radical (unpaired) electrons. The van der Waals surface area contributed by atoms with Crippen LogP contribution in [0.1, 0.15) is 35.2 Å². The van der Waals surface area contributed by atoms with Gasteiger partial charge < -0.3 is 10.2 Å². The number of amides is 1. The Labute approximate surface area is 193 Å². The molecular formula is C24H21F4N5O. The Morgan fingerprint density at radius 1 is 1.06 bits per heavy atom. The van der Waals surface area contributed by atoms with Gasteiger partial charge in [-0.1, -0.05) is 0 Å². The molecule has 176 valence electrons. The molecular weight excluding hydrogens is 450 g/mol. The van der Waals surface area contributed by atoms with Crippen molar-refractivity contribution in [2.45, 2.75) is 37.5 Å². The zero-order chi connectivity index (χ0) is 23.9. The summed E-state index contributed by atoms with van der Waals surface area (Å²) >= 11 is 0. The van der Waals surface area contributed by atoms with E-state index in [1.54, 1.807) is 11.0 Å². The second-order valence-corrected chi connectivity index (χ2v) is 8.65. The molecule has 3 fully saturated rings. The first-order valence-electron chi connectivity index (χ1n) is 11.0. The first kappa shape index (κ1) is 22.2. The fourth-order valence-electron chi connectivity index (χ4n) is 4.90. The van der Waals surface area contributed by atoms with E-state index in [2.05, 4.69) is 20.3 Å². The van der Waals surface area contributed by atoms with Crippen molar-refractivity contribution in [3.05, 3.63) is 71.9 Å². The number of benzene rings is 1. The van der Waals surface area contributed by atoms with E-state index >= 15 is 0 Å². The Balaban J connectivity index is 1.40. The van der Waals surface area contributed by atoms with Crippen molar-refractivity contribution >= 4 is 11.7 Å². The molecule has 1 saturated carbocycles. The van der Waals surface area contributed by atoms with E-state index < -0.39 is 17.6 Å². The van der Waals surface area contributed by atoms with Crippen LogP contribution in [0.2, 0.25) is 0 Å². The van der Waals surface area contributed by atoms with Crippen LogP contribution in [-0.2, 0) is 6.18 Å². The first-order chi connectivity index (χ1) is 16.3. The van der Waals surface area contributed by atoms with Gasteiger partial charge in [0.1, 0.15) is 11.6 Å². The predicted molar refractivity (Wildman–Crippen MR) is 116 cm³/mol. The number of halogens is 4. The number of rotatable bonds is 4. The largest absolute Gasteiger partial charge is 0.417 e. The van der Waals surface area contributed by atoms with E-state index in [1.165, 1.54) is 36.7 Å². The molecule has 1 aromatic carbocycles. The molecule has 0 unspecified atom stereocenters. The minimum absolute atomic E-state index is 0.155. The topological polar surface area (TPSA) is 71.0 Å². The van der Waals surface area contributed by atoms with Crippen molar-refractivity contribution in [2.24, 2.45) is 5.92 Å². The van der Waals surface area contributed by atoms with Crippen LogP contribution >= 0.6 is 0 Å². The summed E-state index contributed by atoms with van der Waals surface area (Å²) in [6.07, 6.45) is 1.92. The minimum Gasteiger partial charge on any atom is -0.365 e. The first-order valence-corrected chi connectivity index (χ1v) is 11.0. The number of carbonyl (C=O) groups is 1. The lowest BCUT2D eigenvalue weighted by atomic mass is 9.76. The molecule has 1 amide bonds. The molecule has 3 aromatic rings. The Hall–Kier alpha value is -3.56. The van der Waals surface area contributed by atoms with Crippen molar-refractivity contribution in [1.29, 1.82) is 0 Å². The van der Waals surface area contributed by atoms with Gasteiger partial charge in [-0.15, -0.1) is 0 Å². The van der Waals surface area contributed by atoms with Gasteiger partial charge in [0.05, 0.1) is 17.2 Å². The third-order valence-corrected chi connectivity index (χ3v) is 6.48. The standard InChI is InChI=1S/C24H21F4N5O/c25-16-4-5-17(18(11-16)22-29-8-1-9-30-22)23(34)33-13-14-2-6-20(33)19(10-14)32-21-7-3-15(12-31-21)24(26,27)28/h1,3-5,7-9,11-12,14,19-20H,2,6,10,13H2,(H,31,32)/t14-,19-,20+/m1/s1. The van der Waals surface area contributed by atoms with Crippen LogP contribution in [-0.4, -0.2) is 44.4 Å². The fraction of sp³-hybridized carbons (Fsp3) is 0.333. The molecule has 34 heavy (non-hydrogen) atoms. The van der Waals surface area contributed by atoms with Gasteiger partial charge in [0.25, 0.3) is 5.91 Å². The molecule has 2 bridgehead atoms. The quantitative estimate of drug-likeness (QED) is 0.554. The van der Waals surface area contributed by atoms with E-state index in [1.807, 2.05) is 0 Å². The summed E-state index contributed by atoms with van der Waals surface area (Å²) in [4.78, 5) is 27.7. The Morgan fingerprint density at radius 3 is 2.53 bits per heavy atom. The van der Waals surface area contributed by atoms with Gasteiger partial charge in [-0.3, -0.25) is 4.79 Å². The second kappa shape index (κ2) is 8.66. The van der Waals surface area contributed by atoms with E-state index in [0.29, 0.717) is 23.5 Å². The normalized spacial score (nSPS) is 22.0. The predicted octanol–water partition coefficient (Wildman–Crippen LogP) is 4.80. The number of aromatic nitrogens is 3. The number of piperidine rings is 2. The Morgan fingerprint density at radius 2 is 1.85 bits per heavy atom. The van der Waals surface area contributed by atoms with Crippen molar-refractivity contribution < 1.29 is 22.4 Å². The van der Waals surface area contributed by atoms with Crippen LogP contribution in [0.5, 0.6) is 0 Å². The highest BCUT2D eigenvalue weighted by atomic mass is 19.4. The molecule has 3 atom stereocenters. The summed E-state index contributed by atoms with van der Waals surface area (Å²) in [7, 11) is 0. The summed E-state index contributed by atoms with van der Waals surface area (Å²) in [6.45, 7) is 0.564. The average molecular weight is 471 g/mol. The number of nitrogens with zero attached hydrogens (tertiary/aromatic N) is 4. The summed E-state index contributed by atoms with van der Waals surface area (Å²) in [5.74, 6) is 0.100. The van der Waals surface area contributed by atoms with Crippen molar-refractivity contribution in [3.8, 4) is 11.4 Å². The third-order valence-electron chi connectivity index (χ3n) is 6.48. The highest BCUT2D eigenvalue weighted by molar-refractivity contribution is 6.00. The number of hydrogen-bond acceptors (Lipinski definition) is 5. The summed E-state index contributed by atoms with van der Waals surface area (Å²) in [5.41, 5.74) is -0.181. The third kappa shape index (κ3) is 4.32. The van der Waals surface area contributed by atoms with Gasteiger partial charge in [-0.2, -0.15) is 13.2 Å². The number of hydrogen-bond donors (Lipinski definition) is 1. The molecule has 10 heteroatoms. The number of pyridine rings is 1. The fourth-order valence-corrected chi connectivity index (χ4v) is 4.90. The molecule has 6 rings (SSSR count). The van der Waals surface area contributed by atoms with Gasteiger partial charge in [-0.05, 0) is 61.6 Å². The lowest BCUT2D eigenvalue weighted by Crippen LogP contribution is -2.59. The average Bonchev–Trinajstić information content (AvgIpc) is 2.84. The molecule has 2 aromatic heterocycles. The van der Waals surface area contributed by atoms with Gasteiger partial charge in [0, 0.05) is 36.7 Å². The van der Waals surface area contributed by atoms with Gasteiger partial charge in [0.2, 0.25) is 0 Å². The monoisotopic (exact) mass is 471 g/mol. The van der Waals surface area contributed by atoms with Crippen LogP contribution in [0.15, 0.2) is 55.0 Å². The molecule has 2 saturated heterocycles. The number of anilines is 1. The summed E-state index contributed by atoms with van der Waals surface area (Å²) in [5, 5.41) is 3.23. The Kier molecular flexibility index (Phi) is 5.66. The molecule has 1 aliphatic carbocycles. The number of nitrogens with one attached hydrogen (secondary N) is 1. The van der Waals surface area contributed by atoms with E-state index in [0.717, 1.165) is 31.5 Å². The summed E-state index contributed by atoms with van der Waals surface area (Å²) in [6, 6.07) is 7.56. The zero-order valence-corrected chi connectivity index (χ0v) is 18.0. The highest BCUT2D eigenvalue weighted by Gasteiger charge is 2.43. The smallest absolute Gasteiger partial charge is 0.365 e. The van der Waals surface area contributed by atoms with Crippen LogP contribution < -0.4 is 5.32 Å². The van der Waals surface area contributed by atoms with Crippen molar-refractivity contribution in [2.75, 3.05) is 11.9 Å². The van der Waals surface area contributed by atoms with Crippen LogP contribution in [0.25, 0.3) is 11.4 Å². The molecule has 3 aliphatic rings. The molecule has 2 aliphatic heterocycles. The van der Waals surface area contributed by atoms with Gasteiger partial charge in [0.15, 0.2) is 5.82 Å². The molecule has 6 nitrogen and oxygen atoms in total. The lowest BCUT2D eigenvalue weighted by Gasteiger charge is -2.50. The second-order valence-electron chi connectivity index (χ2n) is 8.65. The molecule has 0 spiro atoms. The highest BCUT2D eigenvalue weighted by Crippen LogP contribution is 2.38. The maximum absolute atomic E-state index is 14.0. The van der Waals surface area contributed by atoms with Crippen molar-refractivity contribution in [3.63, 3.8) is 0 Å². The van der Waals surface area contributed by atoms with E-state index in [4.69, 9.17) is 0 Å². The van der Waals surface area contributed by atoms with Crippen LogP contribution in [0.3, 0.4) is 0 Å².